The van der Waals surface area contributed by atoms with E-state index in [0.29, 0.717) is 52.7 Å². The SMILES string of the molecule is NC(=O)c1nonc1C1CC1.O=C1NCC(F)(F)C(F)(F)CN1Cc1cnn2cc(CC3CCC(F)(F)CC3)nc2c1. The van der Waals surface area contributed by atoms with E-state index >= 15 is 0 Å². The Bertz CT molecular complexity index is 1450. The van der Waals surface area contributed by atoms with Gasteiger partial charge in [-0.05, 0) is 54.8 Å². The van der Waals surface area contributed by atoms with Crippen molar-refractivity contribution in [2.45, 2.75) is 75.2 Å². The lowest BCUT2D eigenvalue weighted by Gasteiger charge is -2.27. The number of hydrogen-bond donors (Lipinski definition) is 2. The van der Waals surface area contributed by atoms with Gasteiger partial charge in [0.05, 0.1) is 31.2 Å². The lowest BCUT2D eigenvalue weighted by molar-refractivity contribution is -0.204. The molecule has 3 amide bonds. The van der Waals surface area contributed by atoms with Gasteiger partial charge in [0.2, 0.25) is 5.92 Å². The largest absolute Gasteiger partial charge is 0.364 e. The average molecular weight is 603 g/mol. The zero-order valence-electron chi connectivity index (χ0n) is 22.2. The van der Waals surface area contributed by atoms with Crippen LogP contribution in [-0.2, 0) is 13.0 Å². The summed E-state index contributed by atoms with van der Waals surface area (Å²) in [7, 11) is 0. The van der Waals surface area contributed by atoms with E-state index < -0.39 is 42.8 Å². The van der Waals surface area contributed by atoms with Crippen molar-refractivity contribution in [3.63, 3.8) is 0 Å². The normalized spacial score (nSPS) is 21.8. The molecule has 11 nitrogen and oxygen atoms in total. The van der Waals surface area contributed by atoms with Crippen molar-refractivity contribution < 1.29 is 40.6 Å². The number of primary amides is 1. The summed E-state index contributed by atoms with van der Waals surface area (Å²) in [6.45, 7) is -3.22. The van der Waals surface area contributed by atoms with Crippen molar-refractivity contribution in [2.75, 3.05) is 13.1 Å². The Kier molecular flexibility index (Phi) is 7.78. The highest BCUT2D eigenvalue weighted by Crippen LogP contribution is 2.40. The Morgan fingerprint density at radius 3 is 2.45 bits per heavy atom. The molecule has 2 aliphatic carbocycles. The van der Waals surface area contributed by atoms with Crippen LogP contribution >= 0.6 is 0 Å². The van der Waals surface area contributed by atoms with Gasteiger partial charge in [0.25, 0.3) is 5.91 Å². The van der Waals surface area contributed by atoms with Crippen LogP contribution < -0.4 is 11.1 Å². The van der Waals surface area contributed by atoms with Crippen LogP contribution in [-0.4, -0.2) is 72.6 Å². The summed E-state index contributed by atoms with van der Waals surface area (Å²) >= 11 is 0. The van der Waals surface area contributed by atoms with Crippen LogP contribution in [0.1, 0.15) is 71.9 Å². The number of alkyl halides is 6. The third-order valence-corrected chi connectivity index (χ3v) is 7.52. The standard InChI is InChI=1S/C19H21F6N5O.C6H7N3O2/c20-17(21)3-1-12(2-4-17)5-14-9-30-15(28-14)6-13(7-27-30)8-29-11-19(24,25)18(22,23)10-26-16(29)31;7-6(10)5-4(3-1-2-3)8-11-9-5/h6-7,9,12H,1-5,8,10-11H2,(H,26,31);3H,1-2H2,(H2,7,10). The first-order valence-corrected chi connectivity index (χ1v) is 13.3. The van der Waals surface area contributed by atoms with Gasteiger partial charge in [0.15, 0.2) is 11.3 Å². The predicted molar refractivity (Wildman–Crippen MR) is 132 cm³/mol. The highest BCUT2D eigenvalue weighted by molar-refractivity contribution is 5.91. The van der Waals surface area contributed by atoms with Crippen LogP contribution in [0.3, 0.4) is 0 Å². The third-order valence-electron chi connectivity index (χ3n) is 7.52. The summed E-state index contributed by atoms with van der Waals surface area (Å²) < 4.78 is 87.2. The number of nitrogens with one attached hydrogen (secondary N) is 1. The van der Waals surface area contributed by atoms with E-state index in [-0.39, 0.29) is 31.0 Å². The number of halogens is 6. The molecule has 0 spiro atoms. The number of hydrogen-bond acceptors (Lipinski definition) is 7. The van der Waals surface area contributed by atoms with Crippen molar-refractivity contribution in [1.29, 1.82) is 0 Å². The molecule has 3 aromatic heterocycles. The lowest BCUT2D eigenvalue weighted by Crippen LogP contribution is -2.48. The number of urea groups is 1. The quantitative estimate of drug-likeness (QED) is 0.407. The van der Waals surface area contributed by atoms with Gasteiger partial charge in [-0.1, -0.05) is 5.16 Å². The number of amides is 3. The van der Waals surface area contributed by atoms with E-state index in [1.807, 2.05) is 5.32 Å². The monoisotopic (exact) mass is 602 g/mol. The van der Waals surface area contributed by atoms with Gasteiger partial charge in [-0.2, -0.15) is 22.7 Å². The van der Waals surface area contributed by atoms with Gasteiger partial charge in [0, 0.05) is 25.3 Å². The molecular formula is C25H28F6N8O3. The van der Waals surface area contributed by atoms with Crippen molar-refractivity contribution in [3.05, 3.63) is 41.1 Å². The Morgan fingerprint density at radius 2 is 1.79 bits per heavy atom. The van der Waals surface area contributed by atoms with Crippen LogP contribution in [0.15, 0.2) is 23.1 Å². The van der Waals surface area contributed by atoms with Gasteiger partial charge in [-0.15, -0.1) is 0 Å². The van der Waals surface area contributed by atoms with Gasteiger partial charge < -0.3 is 16.0 Å². The van der Waals surface area contributed by atoms with E-state index in [2.05, 4.69) is 25.0 Å². The molecule has 3 N–H and O–H groups in total. The highest BCUT2D eigenvalue weighted by atomic mass is 19.3. The number of carbonyl (C=O) groups is 2. The Balaban J connectivity index is 0.000000267. The summed E-state index contributed by atoms with van der Waals surface area (Å²) in [6, 6.07) is 0.509. The number of nitrogens with two attached hydrogens (primary N) is 1. The second kappa shape index (κ2) is 11.1. The van der Waals surface area contributed by atoms with Crippen LogP contribution in [0, 0.1) is 5.92 Å². The molecule has 3 aliphatic rings. The molecule has 42 heavy (non-hydrogen) atoms. The van der Waals surface area contributed by atoms with E-state index in [0.717, 1.165) is 12.8 Å². The Morgan fingerprint density at radius 1 is 1.07 bits per heavy atom. The molecular weight excluding hydrogens is 574 g/mol. The molecule has 0 aromatic carbocycles. The predicted octanol–water partition coefficient (Wildman–Crippen LogP) is 3.94. The fourth-order valence-corrected chi connectivity index (χ4v) is 4.94. The minimum atomic E-state index is -4.37. The molecule has 0 radical (unpaired) electrons. The first-order chi connectivity index (χ1) is 19.7. The highest BCUT2D eigenvalue weighted by Gasteiger charge is 2.59. The first kappa shape index (κ1) is 29.6. The van der Waals surface area contributed by atoms with Crippen molar-refractivity contribution in [3.8, 4) is 0 Å². The number of aromatic nitrogens is 5. The maximum atomic E-state index is 13.8. The number of carbonyl (C=O) groups excluding carboxylic acids is 2. The maximum absolute atomic E-state index is 13.8. The summed E-state index contributed by atoms with van der Waals surface area (Å²) in [5.41, 5.74) is 7.23. The minimum absolute atomic E-state index is 0.0914. The van der Waals surface area contributed by atoms with E-state index in [1.165, 1.54) is 16.8 Å². The molecule has 6 rings (SSSR count). The molecule has 1 saturated heterocycles. The fourth-order valence-electron chi connectivity index (χ4n) is 4.94. The van der Waals surface area contributed by atoms with E-state index in [1.54, 1.807) is 6.20 Å². The fraction of sp³-hybridized carbons (Fsp3) is 0.600. The second-order valence-electron chi connectivity index (χ2n) is 11.0. The van der Waals surface area contributed by atoms with Crippen molar-refractivity contribution in [2.24, 2.45) is 11.7 Å². The van der Waals surface area contributed by atoms with Gasteiger partial charge in [0.1, 0.15) is 5.69 Å². The Labute approximate surface area is 234 Å². The molecule has 1 aliphatic heterocycles. The summed E-state index contributed by atoms with van der Waals surface area (Å²) in [6.07, 6.45) is 6.15. The number of nitrogens with zero attached hydrogens (tertiary/aromatic N) is 6. The first-order valence-electron chi connectivity index (χ1n) is 13.3. The van der Waals surface area contributed by atoms with E-state index in [9.17, 15) is 35.9 Å². The van der Waals surface area contributed by atoms with E-state index in [4.69, 9.17) is 5.73 Å². The molecule has 0 bridgehead atoms. The van der Waals surface area contributed by atoms with Crippen LogP contribution in [0.2, 0.25) is 0 Å². The molecule has 2 saturated carbocycles. The smallest absolute Gasteiger partial charge is 0.329 e. The topological polar surface area (TPSA) is 145 Å². The van der Waals surface area contributed by atoms with Gasteiger partial charge in [-0.3, -0.25) is 4.79 Å². The zero-order chi connectivity index (χ0) is 30.3. The third kappa shape index (κ3) is 6.59. The van der Waals surface area contributed by atoms with Crippen LogP contribution in [0.4, 0.5) is 31.1 Å². The summed E-state index contributed by atoms with van der Waals surface area (Å²) in [5.74, 6) is -11.4. The summed E-state index contributed by atoms with van der Waals surface area (Å²) in [5, 5.41) is 13.0. The van der Waals surface area contributed by atoms with Crippen molar-refractivity contribution >= 4 is 17.6 Å². The molecule has 0 unspecified atom stereocenters. The molecule has 17 heteroatoms. The van der Waals surface area contributed by atoms with Gasteiger partial charge in [-0.25, -0.2) is 27.7 Å². The minimum Gasteiger partial charge on any atom is -0.364 e. The van der Waals surface area contributed by atoms with Gasteiger partial charge >= 0.3 is 17.9 Å². The molecule has 0 atom stereocenters. The molecule has 228 valence electrons. The Hall–Kier alpha value is -3.92. The maximum Gasteiger partial charge on any atom is 0.329 e. The number of imidazole rings is 1. The molecule has 4 heterocycles. The van der Waals surface area contributed by atoms with Crippen molar-refractivity contribution in [1.82, 2.24) is 35.1 Å². The summed E-state index contributed by atoms with van der Waals surface area (Å²) in [4.78, 5) is 27.7. The molecule has 3 fully saturated rings. The van der Waals surface area contributed by atoms with Crippen LogP contribution in [0.25, 0.3) is 5.65 Å². The second-order valence-corrected chi connectivity index (χ2v) is 11.0. The van der Waals surface area contributed by atoms with Crippen LogP contribution in [0.5, 0.6) is 0 Å². The average Bonchev–Trinajstić information content (AvgIpc) is 3.51. The molecule has 3 aromatic rings. The lowest BCUT2D eigenvalue weighted by atomic mass is 9.84. The number of fused-ring (bicyclic) bond motifs is 1. The zero-order valence-corrected chi connectivity index (χ0v) is 22.2. The number of rotatable bonds is 6.